The van der Waals surface area contributed by atoms with Gasteiger partial charge in [0.15, 0.2) is 0 Å². The lowest BCUT2D eigenvalue weighted by molar-refractivity contribution is 0.482. The smallest absolute Gasteiger partial charge is 0.0129 e. The van der Waals surface area contributed by atoms with Gasteiger partial charge in [-0.15, -0.1) is 0 Å². The Labute approximate surface area is 107 Å². The van der Waals surface area contributed by atoms with E-state index in [0.717, 1.165) is 5.92 Å². The summed E-state index contributed by atoms with van der Waals surface area (Å²) in [6.45, 7) is 11.6. The summed E-state index contributed by atoms with van der Waals surface area (Å²) in [4.78, 5) is 0. The fourth-order valence-corrected chi connectivity index (χ4v) is 2.51. The van der Waals surface area contributed by atoms with Crippen LogP contribution in [0.4, 0.5) is 0 Å². The SMILES string of the molecule is CCCC(C)CCc1ccccc1C(C)(C)C. The summed E-state index contributed by atoms with van der Waals surface area (Å²) in [7, 11) is 0. The van der Waals surface area contributed by atoms with Crippen LogP contribution >= 0.6 is 0 Å². The van der Waals surface area contributed by atoms with Gasteiger partial charge in [-0.25, -0.2) is 0 Å². The standard InChI is InChI=1S/C17H28/c1-6-9-14(2)12-13-15-10-7-8-11-16(15)17(3,4)5/h7-8,10-11,14H,6,9,12-13H2,1-5H3. The van der Waals surface area contributed by atoms with E-state index in [9.17, 15) is 0 Å². The highest BCUT2D eigenvalue weighted by atomic mass is 14.2. The molecule has 0 aromatic heterocycles. The quantitative estimate of drug-likeness (QED) is 0.641. The van der Waals surface area contributed by atoms with Gasteiger partial charge in [-0.3, -0.25) is 0 Å². The van der Waals surface area contributed by atoms with E-state index in [4.69, 9.17) is 0 Å². The Morgan fingerprint density at radius 3 is 2.29 bits per heavy atom. The van der Waals surface area contributed by atoms with Crippen LogP contribution in [0.25, 0.3) is 0 Å². The highest BCUT2D eigenvalue weighted by Crippen LogP contribution is 2.27. The van der Waals surface area contributed by atoms with Gasteiger partial charge in [0.1, 0.15) is 0 Å². The van der Waals surface area contributed by atoms with E-state index < -0.39 is 0 Å². The second kappa shape index (κ2) is 6.23. The van der Waals surface area contributed by atoms with E-state index in [0.29, 0.717) is 0 Å². The van der Waals surface area contributed by atoms with Crippen LogP contribution in [-0.2, 0) is 11.8 Å². The van der Waals surface area contributed by atoms with E-state index in [-0.39, 0.29) is 5.41 Å². The van der Waals surface area contributed by atoms with Gasteiger partial charge in [0, 0.05) is 0 Å². The lowest BCUT2D eigenvalue weighted by atomic mass is 9.82. The van der Waals surface area contributed by atoms with Crippen LogP contribution in [-0.4, -0.2) is 0 Å². The monoisotopic (exact) mass is 232 g/mol. The Kier molecular flexibility index (Phi) is 5.24. The van der Waals surface area contributed by atoms with Crippen molar-refractivity contribution >= 4 is 0 Å². The highest BCUT2D eigenvalue weighted by molar-refractivity contribution is 5.32. The van der Waals surface area contributed by atoms with Crippen LogP contribution in [0.5, 0.6) is 0 Å². The average molecular weight is 232 g/mol. The number of aryl methyl sites for hydroxylation is 1. The summed E-state index contributed by atoms with van der Waals surface area (Å²) in [5, 5.41) is 0. The van der Waals surface area contributed by atoms with Crippen LogP contribution in [0.15, 0.2) is 24.3 Å². The Bertz CT molecular complexity index is 330. The van der Waals surface area contributed by atoms with Crippen molar-refractivity contribution in [3.63, 3.8) is 0 Å². The van der Waals surface area contributed by atoms with E-state index in [1.165, 1.54) is 31.2 Å². The molecule has 0 saturated carbocycles. The maximum atomic E-state index is 2.38. The zero-order chi connectivity index (χ0) is 12.9. The first-order valence-corrected chi connectivity index (χ1v) is 7.03. The molecule has 0 aliphatic carbocycles. The Hall–Kier alpha value is -0.780. The molecule has 0 aliphatic heterocycles. The second-order valence-corrected chi connectivity index (χ2v) is 6.34. The van der Waals surface area contributed by atoms with Gasteiger partial charge < -0.3 is 0 Å². The number of hydrogen-bond donors (Lipinski definition) is 0. The van der Waals surface area contributed by atoms with Crippen molar-refractivity contribution in [3.05, 3.63) is 35.4 Å². The van der Waals surface area contributed by atoms with Crippen molar-refractivity contribution in [2.75, 3.05) is 0 Å². The predicted octanol–water partition coefficient (Wildman–Crippen LogP) is 5.35. The molecule has 0 spiro atoms. The molecule has 0 bridgehead atoms. The molecule has 1 aromatic rings. The van der Waals surface area contributed by atoms with Gasteiger partial charge in [0.05, 0.1) is 0 Å². The molecule has 1 aromatic carbocycles. The molecule has 0 amide bonds. The number of benzene rings is 1. The molecule has 0 heteroatoms. The third kappa shape index (κ3) is 4.53. The largest absolute Gasteiger partial charge is 0.0654 e. The van der Waals surface area contributed by atoms with Crippen LogP contribution in [0.1, 0.15) is 65.0 Å². The molecular weight excluding hydrogens is 204 g/mol. The van der Waals surface area contributed by atoms with Crippen molar-refractivity contribution in [2.45, 2.75) is 65.7 Å². The molecular formula is C17H28. The third-order valence-corrected chi connectivity index (χ3v) is 3.51. The zero-order valence-corrected chi connectivity index (χ0v) is 12.2. The summed E-state index contributed by atoms with van der Waals surface area (Å²) in [5.74, 6) is 0.855. The summed E-state index contributed by atoms with van der Waals surface area (Å²) < 4.78 is 0. The number of rotatable bonds is 5. The van der Waals surface area contributed by atoms with Gasteiger partial charge in [-0.05, 0) is 35.3 Å². The Balaban J connectivity index is 2.71. The Morgan fingerprint density at radius 1 is 1.06 bits per heavy atom. The molecule has 1 rings (SSSR count). The van der Waals surface area contributed by atoms with Gasteiger partial charge in [0.25, 0.3) is 0 Å². The van der Waals surface area contributed by atoms with Crippen molar-refractivity contribution < 1.29 is 0 Å². The maximum Gasteiger partial charge on any atom is -0.0129 e. The van der Waals surface area contributed by atoms with E-state index in [1.807, 2.05) is 0 Å². The van der Waals surface area contributed by atoms with Gasteiger partial charge in [-0.2, -0.15) is 0 Å². The van der Waals surface area contributed by atoms with Crippen LogP contribution < -0.4 is 0 Å². The van der Waals surface area contributed by atoms with E-state index >= 15 is 0 Å². The molecule has 1 atom stereocenters. The molecule has 0 saturated heterocycles. The first-order valence-electron chi connectivity index (χ1n) is 7.03. The fourth-order valence-electron chi connectivity index (χ4n) is 2.51. The van der Waals surface area contributed by atoms with E-state index in [2.05, 4.69) is 58.9 Å². The molecule has 0 heterocycles. The van der Waals surface area contributed by atoms with E-state index in [1.54, 1.807) is 5.56 Å². The predicted molar refractivity (Wildman–Crippen MR) is 77.5 cm³/mol. The normalized spacial score (nSPS) is 13.7. The minimum Gasteiger partial charge on any atom is -0.0654 e. The van der Waals surface area contributed by atoms with Crippen molar-refractivity contribution in [1.82, 2.24) is 0 Å². The number of hydrogen-bond acceptors (Lipinski definition) is 0. The molecule has 0 aliphatic rings. The molecule has 96 valence electrons. The highest BCUT2D eigenvalue weighted by Gasteiger charge is 2.17. The molecule has 0 nitrogen and oxygen atoms in total. The van der Waals surface area contributed by atoms with Crippen molar-refractivity contribution in [3.8, 4) is 0 Å². The van der Waals surface area contributed by atoms with Crippen LogP contribution in [0.2, 0.25) is 0 Å². The lowest BCUT2D eigenvalue weighted by Gasteiger charge is -2.23. The van der Waals surface area contributed by atoms with Gasteiger partial charge >= 0.3 is 0 Å². The fraction of sp³-hybridized carbons (Fsp3) is 0.647. The van der Waals surface area contributed by atoms with Crippen molar-refractivity contribution in [2.24, 2.45) is 5.92 Å². The average Bonchev–Trinajstić information content (AvgIpc) is 2.26. The second-order valence-electron chi connectivity index (χ2n) is 6.34. The van der Waals surface area contributed by atoms with Crippen LogP contribution in [0, 0.1) is 5.92 Å². The minimum absolute atomic E-state index is 0.268. The molecule has 1 unspecified atom stereocenters. The Morgan fingerprint density at radius 2 is 1.71 bits per heavy atom. The first kappa shape index (κ1) is 14.3. The summed E-state index contributed by atoms with van der Waals surface area (Å²) in [6.07, 6.45) is 5.22. The molecule has 0 fully saturated rings. The van der Waals surface area contributed by atoms with Crippen LogP contribution in [0.3, 0.4) is 0 Å². The third-order valence-electron chi connectivity index (χ3n) is 3.51. The summed E-state index contributed by atoms with van der Waals surface area (Å²) >= 11 is 0. The lowest BCUT2D eigenvalue weighted by Crippen LogP contribution is -2.14. The minimum atomic E-state index is 0.268. The summed E-state index contributed by atoms with van der Waals surface area (Å²) in [6, 6.07) is 8.94. The first-order chi connectivity index (χ1) is 7.95. The van der Waals surface area contributed by atoms with Gasteiger partial charge in [0.2, 0.25) is 0 Å². The molecule has 0 N–H and O–H groups in total. The molecule has 0 radical (unpaired) electrons. The maximum absolute atomic E-state index is 2.38. The van der Waals surface area contributed by atoms with Gasteiger partial charge in [-0.1, -0.05) is 71.7 Å². The summed E-state index contributed by atoms with van der Waals surface area (Å²) in [5.41, 5.74) is 3.33. The molecule has 17 heavy (non-hydrogen) atoms. The zero-order valence-electron chi connectivity index (χ0n) is 12.2. The van der Waals surface area contributed by atoms with Crippen molar-refractivity contribution in [1.29, 1.82) is 0 Å². The topological polar surface area (TPSA) is 0 Å².